The number of aromatic amines is 1. The van der Waals surface area contributed by atoms with E-state index in [1.165, 1.54) is 0 Å². The molecule has 0 bridgehead atoms. The van der Waals surface area contributed by atoms with Crippen LogP contribution in [0.4, 0.5) is 0 Å². The van der Waals surface area contributed by atoms with Gasteiger partial charge in [-0.25, -0.2) is 4.79 Å². The first-order valence-electron chi connectivity index (χ1n) is 6.04. The Bertz CT molecular complexity index is 554. The lowest BCUT2D eigenvalue weighted by atomic mass is 10.1. The van der Waals surface area contributed by atoms with E-state index < -0.39 is 0 Å². The Morgan fingerprint density at radius 2 is 2.22 bits per heavy atom. The van der Waals surface area contributed by atoms with Crippen LogP contribution in [0.25, 0.3) is 11.1 Å². The normalized spacial score (nSPS) is 10.6. The lowest BCUT2D eigenvalue weighted by Crippen LogP contribution is -2.06. The molecule has 96 valence electrons. The molecule has 5 nitrogen and oxygen atoms in total. The van der Waals surface area contributed by atoms with E-state index in [4.69, 9.17) is 4.74 Å². The van der Waals surface area contributed by atoms with Crippen molar-refractivity contribution in [2.24, 2.45) is 7.05 Å². The zero-order valence-electron chi connectivity index (χ0n) is 10.9. The Labute approximate surface area is 106 Å². The number of ether oxygens (including phenoxy) is 1. The number of carbonyl (C=O) groups is 1. The highest BCUT2D eigenvalue weighted by atomic mass is 16.5. The van der Waals surface area contributed by atoms with Gasteiger partial charge in [-0.2, -0.15) is 5.10 Å². The lowest BCUT2D eigenvalue weighted by Gasteiger charge is -2.03. The number of nitrogens with one attached hydrogen (secondary N) is 1. The smallest absolute Gasteiger partial charge is 0.355 e. The van der Waals surface area contributed by atoms with Gasteiger partial charge in [0.15, 0.2) is 0 Å². The highest BCUT2D eigenvalue weighted by molar-refractivity contribution is 5.95. The number of rotatable bonds is 4. The van der Waals surface area contributed by atoms with Gasteiger partial charge in [-0.1, -0.05) is 6.92 Å². The molecule has 2 rings (SSSR count). The maximum Gasteiger partial charge on any atom is 0.355 e. The van der Waals surface area contributed by atoms with Crippen molar-refractivity contribution in [1.82, 2.24) is 14.8 Å². The van der Waals surface area contributed by atoms with Gasteiger partial charge in [0.05, 0.1) is 12.3 Å². The fourth-order valence-electron chi connectivity index (χ4n) is 1.99. The highest BCUT2D eigenvalue weighted by Crippen LogP contribution is 2.26. The fraction of sp³-hybridized carbons (Fsp3) is 0.385. The van der Waals surface area contributed by atoms with Gasteiger partial charge in [-0.05, 0) is 19.4 Å². The third-order valence-corrected chi connectivity index (χ3v) is 2.76. The molecule has 0 radical (unpaired) electrons. The summed E-state index contributed by atoms with van der Waals surface area (Å²) in [6.45, 7) is 4.20. The van der Waals surface area contributed by atoms with Crippen LogP contribution in [0.15, 0.2) is 18.5 Å². The molecule has 2 aromatic rings. The summed E-state index contributed by atoms with van der Waals surface area (Å²) in [4.78, 5) is 14.8. The van der Waals surface area contributed by atoms with Crippen LogP contribution in [0.3, 0.4) is 0 Å². The fourth-order valence-corrected chi connectivity index (χ4v) is 1.99. The molecule has 0 atom stereocenters. The minimum absolute atomic E-state index is 0.330. The molecule has 18 heavy (non-hydrogen) atoms. The molecular formula is C13H17N3O2. The average Bonchev–Trinajstić information content (AvgIpc) is 2.94. The molecule has 0 aliphatic carbocycles. The molecule has 2 heterocycles. The van der Waals surface area contributed by atoms with Crippen LogP contribution in [0.5, 0.6) is 0 Å². The van der Waals surface area contributed by atoms with Gasteiger partial charge < -0.3 is 9.72 Å². The predicted octanol–water partition coefficient (Wildman–Crippen LogP) is 2.15. The predicted molar refractivity (Wildman–Crippen MR) is 68.3 cm³/mol. The zero-order valence-corrected chi connectivity index (χ0v) is 10.9. The quantitative estimate of drug-likeness (QED) is 0.842. The largest absolute Gasteiger partial charge is 0.461 e. The van der Waals surface area contributed by atoms with Gasteiger partial charge in [0, 0.05) is 30.6 Å². The Balaban J connectivity index is 2.45. The molecule has 0 aliphatic rings. The van der Waals surface area contributed by atoms with Crippen LogP contribution in [-0.2, 0) is 18.2 Å². The molecule has 0 saturated carbocycles. The van der Waals surface area contributed by atoms with E-state index in [9.17, 15) is 4.79 Å². The van der Waals surface area contributed by atoms with Crippen molar-refractivity contribution < 1.29 is 9.53 Å². The minimum Gasteiger partial charge on any atom is -0.461 e. The van der Waals surface area contributed by atoms with E-state index in [2.05, 4.69) is 10.1 Å². The topological polar surface area (TPSA) is 59.9 Å². The van der Waals surface area contributed by atoms with Gasteiger partial charge in [0.1, 0.15) is 5.69 Å². The Morgan fingerprint density at radius 1 is 1.44 bits per heavy atom. The van der Waals surface area contributed by atoms with Crippen molar-refractivity contribution in [2.75, 3.05) is 6.61 Å². The molecule has 0 aromatic carbocycles. The van der Waals surface area contributed by atoms with Crippen molar-refractivity contribution in [3.05, 3.63) is 29.8 Å². The summed E-state index contributed by atoms with van der Waals surface area (Å²) >= 11 is 0. The summed E-state index contributed by atoms with van der Waals surface area (Å²) in [6, 6.07) is 1.88. The first-order chi connectivity index (χ1) is 8.67. The molecule has 2 aromatic heterocycles. The second kappa shape index (κ2) is 5.08. The SMILES string of the molecule is CCOC(=O)c1[nH]ccc1-c1cn(C)nc1CC. The Hall–Kier alpha value is -2.04. The van der Waals surface area contributed by atoms with Crippen LogP contribution in [0, 0.1) is 0 Å². The number of esters is 1. The number of aromatic nitrogens is 3. The molecule has 0 saturated heterocycles. The molecular weight excluding hydrogens is 230 g/mol. The van der Waals surface area contributed by atoms with Gasteiger partial charge in [-0.15, -0.1) is 0 Å². The summed E-state index contributed by atoms with van der Waals surface area (Å²) in [6.07, 6.45) is 4.49. The van der Waals surface area contributed by atoms with E-state index in [1.807, 2.05) is 26.2 Å². The zero-order chi connectivity index (χ0) is 13.1. The molecule has 0 fully saturated rings. The molecule has 5 heteroatoms. The second-order valence-electron chi connectivity index (χ2n) is 4.00. The average molecular weight is 247 g/mol. The van der Waals surface area contributed by atoms with E-state index in [0.717, 1.165) is 23.2 Å². The van der Waals surface area contributed by atoms with Gasteiger partial charge in [-0.3, -0.25) is 4.68 Å². The Kier molecular flexibility index (Phi) is 3.50. The highest BCUT2D eigenvalue weighted by Gasteiger charge is 2.18. The number of carbonyl (C=O) groups excluding carboxylic acids is 1. The standard InChI is InChI=1S/C13H17N3O2/c1-4-11-10(8-16(3)15-11)9-6-7-14-12(9)13(17)18-5-2/h6-8,14H,4-5H2,1-3H3. The molecule has 0 spiro atoms. The van der Waals surface area contributed by atoms with Crippen LogP contribution in [-0.4, -0.2) is 27.3 Å². The molecule has 1 N–H and O–H groups in total. The minimum atomic E-state index is -0.330. The van der Waals surface area contributed by atoms with E-state index in [-0.39, 0.29) is 5.97 Å². The van der Waals surface area contributed by atoms with E-state index in [1.54, 1.807) is 17.8 Å². The molecule has 0 amide bonds. The summed E-state index contributed by atoms with van der Waals surface area (Å²) in [5.41, 5.74) is 3.28. The third-order valence-electron chi connectivity index (χ3n) is 2.76. The summed E-state index contributed by atoms with van der Waals surface area (Å²) < 4.78 is 6.79. The third kappa shape index (κ3) is 2.16. The number of hydrogen-bond donors (Lipinski definition) is 1. The van der Waals surface area contributed by atoms with Gasteiger partial charge >= 0.3 is 5.97 Å². The maximum atomic E-state index is 11.8. The van der Waals surface area contributed by atoms with Crippen molar-refractivity contribution in [1.29, 1.82) is 0 Å². The summed E-state index contributed by atoms with van der Waals surface area (Å²) in [5, 5.41) is 4.38. The Morgan fingerprint density at radius 3 is 2.89 bits per heavy atom. The first kappa shape index (κ1) is 12.4. The first-order valence-corrected chi connectivity index (χ1v) is 6.04. The second-order valence-corrected chi connectivity index (χ2v) is 4.00. The lowest BCUT2D eigenvalue weighted by molar-refractivity contribution is 0.0521. The number of nitrogens with zero attached hydrogens (tertiary/aromatic N) is 2. The summed E-state index contributed by atoms with van der Waals surface area (Å²) in [5.74, 6) is -0.330. The van der Waals surface area contributed by atoms with E-state index >= 15 is 0 Å². The van der Waals surface area contributed by atoms with Gasteiger partial charge in [0.25, 0.3) is 0 Å². The maximum absolute atomic E-state index is 11.8. The number of aryl methyl sites for hydroxylation is 2. The molecule has 0 aliphatic heterocycles. The number of H-pyrrole nitrogens is 1. The van der Waals surface area contributed by atoms with Crippen molar-refractivity contribution in [3.8, 4) is 11.1 Å². The van der Waals surface area contributed by atoms with Crippen LogP contribution < -0.4 is 0 Å². The van der Waals surface area contributed by atoms with E-state index in [0.29, 0.717) is 12.3 Å². The molecule has 0 unspecified atom stereocenters. The van der Waals surface area contributed by atoms with Gasteiger partial charge in [0.2, 0.25) is 0 Å². The van der Waals surface area contributed by atoms with Crippen molar-refractivity contribution in [3.63, 3.8) is 0 Å². The van der Waals surface area contributed by atoms with Crippen molar-refractivity contribution >= 4 is 5.97 Å². The van der Waals surface area contributed by atoms with Crippen LogP contribution >= 0.6 is 0 Å². The summed E-state index contributed by atoms with van der Waals surface area (Å²) in [7, 11) is 1.87. The van der Waals surface area contributed by atoms with Crippen LogP contribution in [0.1, 0.15) is 30.0 Å². The number of hydrogen-bond acceptors (Lipinski definition) is 3. The van der Waals surface area contributed by atoms with Crippen molar-refractivity contribution in [2.45, 2.75) is 20.3 Å². The monoisotopic (exact) mass is 247 g/mol. The van der Waals surface area contributed by atoms with Crippen LogP contribution in [0.2, 0.25) is 0 Å².